The number of rotatable bonds is 9. The van der Waals surface area contributed by atoms with Crippen LogP contribution in [-0.4, -0.2) is 27.4 Å². The predicted molar refractivity (Wildman–Crippen MR) is 117 cm³/mol. The molecular weight excluding hydrogens is 376 g/mol. The summed E-state index contributed by atoms with van der Waals surface area (Å²) in [4.78, 5) is 29.1. The van der Waals surface area contributed by atoms with Gasteiger partial charge in [-0.15, -0.1) is 0 Å². The molecule has 0 radical (unpaired) electrons. The van der Waals surface area contributed by atoms with Crippen LogP contribution >= 0.6 is 0 Å². The smallest absolute Gasteiger partial charge is 0.243 e. The zero-order valence-corrected chi connectivity index (χ0v) is 17.4. The standard InChI is InChI=1S/C24H28N4O2/c1-18(2)23(27-22(29)14-19-6-4-3-5-7-19)24(30)26-15-20-8-10-21(11-9-20)16-28-13-12-25-17-28/h3-13,17-18,23H,14-16H2,1-2H3,(H,26,30)(H,27,29). The van der Waals surface area contributed by atoms with Crippen molar-refractivity contribution in [3.8, 4) is 0 Å². The fraction of sp³-hybridized carbons (Fsp3) is 0.292. The van der Waals surface area contributed by atoms with Crippen molar-refractivity contribution in [3.63, 3.8) is 0 Å². The second-order valence-electron chi connectivity index (χ2n) is 7.72. The lowest BCUT2D eigenvalue weighted by atomic mass is 10.0. The van der Waals surface area contributed by atoms with Crippen LogP contribution in [0.5, 0.6) is 0 Å². The number of amides is 2. The molecule has 2 N–H and O–H groups in total. The quantitative estimate of drug-likeness (QED) is 0.576. The summed E-state index contributed by atoms with van der Waals surface area (Å²) in [5, 5.41) is 5.82. The van der Waals surface area contributed by atoms with E-state index in [9.17, 15) is 9.59 Å². The van der Waals surface area contributed by atoms with Gasteiger partial charge in [0.15, 0.2) is 0 Å². The number of nitrogens with zero attached hydrogens (tertiary/aromatic N) is 2. The largest absolute Gasteiger partial charge is 0.350 e. The SMILES string of the molecule is CC(C)C(NC(=O)Cc1ccccc1)C(=O)NCc1ccc(Cn2ccnc2)cc1. The Morgan fingerprint density at radius 1 is 0.967 bits per heavy atom. The average Bonchev–Trinajstić information content (AvgIpc) is 3.25. The van der Waals surface area contributed by atoms with E-state index in [-0.39, 0.29) is 24.2 Å². The Bertz CT molecular complexity index is 935. The molecule has 156 valence electrons. The predicted octanol–water partition coefficient (Wildman–Crippen LogP) is 2.93. The van der Waals surface area contributed by atoms with Gasteiger partial charge in [-0.05, 0) is 22.6 Å². The maximum atomic E-state index is 12.7. The Labute approximate surface area is 177 Å². The zero-order valence-electron chi connectivity index (χ0n) is 17.4. The highest BCUT2D eigenvalue weighted by molar-refractivity contribution is 5.88. The number of benzene rings is 2. The molecule has 2 aromatic carbocycles. The summed E-state index contributed by atoms with van der Waals surface area (Å²) in [6.45, 7) is 5.04. The van der Waals surface area contributed by atoms with Gasteiger partial charge in [0.1, 0.15) is 6.04 Å². The fourth-order valence-electron chi connectivity index (χ4n) is 3.19. The number of imidazole rings is 1. The van der Waals surface area contributed by atoms with E-state index < -0.39 is 6.04 Å². The third-order valence-corrected chi connectivity index (χ3v) is 4.89. The Morgan fingerprint density at radius 2 is 1.67 bits per heavy atom. The maximum Gasteiger partial charge on any atom is 0.243 e. The summed E-state index contributed by atoms with van der Waals surface area (Å²) in [6.07, 6.45) is 5.72. The first kappa shape index (κ1) is 21.3. The zero-order chi connectivity index (χ0) is 21.3. The van der Waals surface area contributed by atoms with Crippen molar-refractivity contribution < 1.29 is 9.59 Å². The molecule has 3 rings (SSSR count). The maximum absolute atomic E-state index is 12.7. The van der Waals surface area contributed by atoms with Crippen molar-refractivity contribution in [2.45, 2.75) is 39.4 Å². The van der Waals surface area contributed by atoms with Crippen molar-refractivity contribution in [3.05, 3.63) is 90.0 Å². The summed E-state index contributed by atoms with van der Waals surface area (Å²) in [5.74, 6) is -0.338. The third-order valence-electron chi connectivity index (χ3n) is 4.89. The summed E-state index contributed by atoms with van der Waals surface area (Å²) >= 11 is 0. The van der Waals surface area contributed by atoms with E-state index in [1.54, 1.807) is 12.5 Å². The normalized spacial score (nSPS) is 11.8. The molecule has 1 unspecified atom stereocenters. The molecule has 2 amide bonds. The van der Waals surface area contributed by atoms with Crippen LogP contribution in [0, 0.1) is 5.92 Å². The number of carbonyl (C=O) groups is 2. The number of hydrogen-bond donors (Lipinski definition) is 2. The monoisotopic (exact) mass is 404 g/mol. The Morgan fingerprint density at radius 3 is 2.30 bits per heavy atom. The highest BCUT2D eigenvalue weighted by Crippen LogP contribution is 2.08. The lowest BCUT2D eigenvalue weighted by molar-refractivity contribution is -0.129. The van der Waals surface area contributed by atoms with Gasteiger partial charge in [0, 0.05) is 25.5 Å². The minimum atomic E-state index is -0.568. The van der Waals surface area contributed by atoms with E-state index >= 15 is 0 Å². The molecule has 3 aromatic rings. The number of nitrogens with one attached hydrogen (secondary N) is 2. The highest BCUT2D eigenvalue weighted by atomic mass is 16.2. The molecule has 0 spiro atoms. The van der Waals surface area contributed by atoms with Crippen LogP contribution in [0.2, 0.25) is 0 Å². The van der Waals surface area contributed by atoms with Crippen LogP contribution in [-0.2, 0) is 29.1 Å². The highest BCUT2D eigenvalue weighted by Gasteiger charge is 2.23. The Kier molecular flexibility index (Phi) is 7.38. The molecule has 30 heavy (non-hydrogen) atoms. The Balaban J connectivity index is 1.51. The topological polar surface area (TPSA) is 76.0 Å². The summed E-state index contributed by atoms with van der Waals surface area (Å²) in [6, 6.07) is 17.0. The molecule has 0 bridgehead atoms. The second-order valence-corrected chi connectivity index (χ2v) is 7.72. The third kappa shape index (κ3) is 6.30. The molecule has 0 fully saturated rings. The number of carbonyl (C=O) groups excluding carboxylic acids is 2. The average molecular weight is 405 g/mol. The summed E-state index contributed by atoms with van der Waals surface area (Å²) in [7, 11) is 0. The summed E-state index contributed by atoms with van der Waals surface area (Å²) in [5.41, 5.74) is 3.10. The molecule has 0 aliphatic carbocycles. The van der Waals surface area contributed by atoms with Gasteiger partial charge in [0.05, 0.1) is 12.7 Å². The van der Waals surface area contributed by atoms with Crippen LogP contribution in [0.1, 0.15) is 30.5 Å². The van der Waals surface area contributed by atoms with Crippen LogP contribution in [0.4, 0.5) is 0 Å². The van der Waals surface area contributed by atoms with Gasteiger partial charge < -0.3 is 15.2 Å². The summed E-state index contributed by atoms with van der Waals surface area (Å²) < 4.78 is 2.00. The van der Waals surface area contributed by atoms with Crippen molar-refractivity contribution in [1.29, 1.82) is 0 Å². The van der Waals surface area contributed by atoms with E-state index in [0.717, 1.165) is 23.2 Å². The van der Waals surface area contributed by atoms with E-state index in [0.29, 0.717) is 6.54 Å². The van der Waals surface area contributed by atoms with E-state index in [1.165, 1.54) is 0 Å². The van der Waals surface area contributed by atoms with Crippen molar-refractivity contribution in [1.82, 2.24) is 20.2 Å². The Hall–Kier alpha value is -3.41. The lowest BCUT2D eigenvalue weighted by Gasteiger charge is -2.22. The van der Waals surface area contributed by atoms with E-state index in [1.807, 2.05) is 79.2 Å². The molecule has 6 heteroatoms. The molecule has 1 heterocycles. The molecule has 1 aromatic heterocycles. The van der Waals surface area contributed by atoms with Crippen LogP contribution < -0.4 is 10.6 Å². The minimum Gasteiger partial charge on any atom is -0.350 e. The van der Waals surface area contributed by atoms with Gasteiger partial charge in [-0.2, -0.15) is 0 Å². The first-order valence-electron chi connectivity index (χ1n) is 10.2. The van der Waals surface area contributed by atoms with Gasteiger partial charge in [-0.1, -0.05) is 68.4 Å². The number of aromatic nitrogens is 2. The van der Waals surface area contributed by atoms with Crippen LogP contribution in [0.25, 0.3) is 0 Å². The van der Waals surface area contributed by atoms with Gasteiger partial charge in [-0.25, -0.2) is 4.98 Å². The van der Waals surface area contributed by atoms with Crippen molar-refractivity contribution in [2.75, 3.05) is 0 Å². The van der Waals surface area contributed by atoms with Crippen LogP contribution in [0.3, 0.4) is 0 Å². The molecule has 0 aliphatic heterocycles. The molecule has 0 saturated carbocycles. The molecule has 0 aliphatic rings. The lowest BCUT2D eigenvalue weighted by Crippen LogP contribution is -2.49. The molecular formula is C24H28N4O2. The van der Waals surface area contributed by atoms with Crippen molar-refractivity contribution in [2.24, 2.45) is 5.92 Å². The first-order valence-corrected chi connectivity index (χ1v) is 10.2. The van der Waals surface area contributed by atoms with Gasteiger partial charge in [0.25, 0.3) is 0 Å². The second kappa shape index (κ2) is 10.4. The van der Waals surface area contributed by atoms with Gasteiger partial charge in [0.2, 0.25) is 11.8 Å². The fourth-order valence-corrected chi connectivity index (χ4v) is 3.19. The van der Waals surface area contributed by atoms with E-state index in [4.69, 9.17) is 0 Å². The molecule has 6 nitrogen and oxygen atoms in total. The van der Waals surface area contributed by atoms with Gasteiger partial charge >= 0.3 is 0 Å². The van der Waals surface area contributed by atoms with E-state index in [2.05, 4.69) is 15.6 Å². The minimum absolute atomic E-state index is 0.0118. The molecule has 1 atom stereocenters. The molecule has 0 saturated heterocycles. The van der Waals surface area contributed by atoms with Crippen LogP contribution in [0.15, 0.2) is 73.3 Å². The van der Waals surface area contributed by atoms with Gasteiger partial charge in [-0.3, -0.25) is 9.59 Å². The van der Waals surface area contributed by atoms with Crippen molar-refractivity contribution >= 4 is 11.8 Å². The first-order chi connectivity index (χ1) is 14.5. The number of hydrogen-bond acceptors (Lipinski definition) is 3.